The topological polar surface area (TPSA) is 59.8 Å². The molecule has 0 aliphatic carbocycles. The van der Waals surface area contributed by atoms with Crippen LogP contribution >= 0.6 is 0 Å². The monoisotopic (exact) mass is 322 g/mol. The number of benzene rings is 2. The molecule has 0 saturated carbocycles. The number of para-hydroxylation sites is 2. The van der Waals surface area contributed by atoms with Crippen LogP contribution < -0.4 is 5.32 Å². The fraction of sp³-hybridized carbons (Fsp3) is 0.316. The molecule has 2 aromatic carbocycles. The number of anilines is 1. The Hall–Kier alpha value is -2.69. The molecular formula is C19H22N4O. The van der Waals surface area contributed by atoms with Gasteiger partial charge in [-0.1, -0.05) is 49.4 Å². The zero-order valence-corrected chi connectivity index (χ0v) is 14.1. The number of nitrogens with one attached hydrogen (secondary N) is 1. The van der Waals surface area contributed by atoms with Gasteiger partial charge in [0.15, 0.2) is 0 Å². The minimum Gasteiger partial charge on any atom is -0.326 e. The van der Waals surface area contributed by atoms with Gasteiger partial charge in [-0.05, 0) is 36.1 Å². The fourth-order valence-electron chi connectivity index (χ4n) is 2.90. The zero-order chi connectivity index (χ0) is 16.9. The summed E-state index contributed by atoms with van der Waals surface area (Å²) in [5, 5.41) is 11.3. The van der Waals surface area contributed by atoms with Gasteiger partial charge in [0.1, 0.15) is 5.52 Å². The van der Waals surface area contributed by atoms with Gasteiger partial charge in [-0.15, -0.1) is 5.10 Å². The van der Waals surface area contributed by atoms with Gasteiger partial charge in [-0.3, -0.25) is 4.79 Å². The highest BCUT2D eigenvalue weighted by Gasteiger charge is 2.11. The van der Waals surface area contributed by atoms with E-state index in [0.29, 0.717) is 13.0 Å². The van der Waals surface area contributed by atoms with E-state index in [1.165, 1.54) is 11.1 Å². The maximum Gasteiger partial charge on any atom is 0.226 e. The maximum atomic E-state index is 12.4. The van der Waals surface area contributed by atoms with Gasteiger partial charge < -0.3 is 5.32 Å². The summed E-state index contributed by atoms with van der Waals surface area (Å²) in [6.45, 7) is 4.72. The van der Waals surface area contributed by atoms with E-state index in [4.69, 9.17) is 0 Å². The zero-order valence-electron chi connectivity index (χ0n) is 14.1. The van der Waals surface area contributed by atoms with Crippen molar-refractivity contribution in [1.82, 2.24) is 15.0 Å². The summed E-state index contributed by atoms with van der Waals surface area (Å²) in [6, 6.07) is 14.0. The van der Waals surface area contributed by atoms with E-state index in [1.54, 1.807) is 4.68 Å². The molecule has 0 atom stereocenters. The second-order valence-electron chi connectivity index (χ2n) is 5.76. The SMILES string of the molecule is CCc1cccc(CC)c1NC(=O)CCn1nnc2ccccc21. The predicted octanol–water partition coefficient (Wildman–Crippen LogP) is 3.58. The number of amides is 1. The van der Waals surface area contributed by atoms with Crippen LogP contribution in [0.4, 0.5) is 5.69 Å². The van der Waals surface area contributed by atoms with Crippen molar-refractivity contribution in [3.63, 3.8) is 0 Å². The van der Waals surface area contributed by atoms with E-state index in [0.717, 1.165) is 29.6 Å². The van der Waals surface area contributed by atoms with Crippen molar-refractivity contribution in [2.24, 2.45) is 0 Å². The second kappa shape index (κ2) is 7.25. The van der Waals surface area contributed by atoms with Crippen LogP contribution in [0.5, 0.6) is 0 Å². The largest absolute Gasteiger partial charge is 0.326 e. The molecule has 3 aromatic rings. The van der Waals surface area contributed by atoms with E-state index >= 15 is 0 Å². The standard InChI is InChI=1S/C19H22N4O/c1-3-14-8-7-9-15(4-2)19(14)20-18(24)12-13-23-17-11-6-5-10-16(17)21-22-23/h5-11H,3-4,12-13H2,1-2H3,(H,20,24). The van der Waals surface area contributed by atoms with Crippen molar-refractivity contribution in [3.8, 4) is 0 Å². The number of carbonyl (C=O) groups is 1. The molecule has 0 spiro atoms. The lowest BCUT2D eigenvalue weighted by molar-refractivity contribution is -0.116. The Balaban J connectivity index is 1.70. The number of hydrogen-bond acceptors (Lipinski definition) is 3. The number of rotatable bonds is 6. The predicted molar refractivity (Wildman–Crippen MR) is 96.0 cm³/mol. The third kappa shape index (κ3) is 3.30. The molecule has 0 unspecified atom stereocenters. The van der Waals surface area contributed by atoms with Crippen molar-refractivity contribution in [1.29, 1.82) is 0 Å². The molecule has 5 heteroatoms. The molecule has 1 heterocycles. The average molecular weight is 322 g/mol. The van der Waals surface area contributed by atoms with Crippen LogP contribution in [0.15, 0.2) is 42.5 Å². The van der Waals surface area contributed by atoms with Crippen LogP contribution in [0, 0.1) is 0 Å². The molecule has 5 nitrogen and oxygen atoms in total. The maximum absolute atomic E-state index is 12.4. The molecule has 0 saturated heterocycles. The molecule has 124 valence electrons. The molecule has 3 rings (SSSR count). The van der Waals surface area contributed by atoms with Gasteiger partial charge in [0.25, 0.3) is 0 Å². The van der Waals surface area contributed by atoms with Gasteiger partial charge in [0, 0.05) is 12.1 Å². The van der Waals surface area contributed by atoms with E-state index in [2.05, 4.69) is 47.7 Å². The molecule has 0 bridgehead atoms. The number of aromatic nitrogens is 3. The Labute approximate surface area is 141 Å². The second-order valence-corrected chi connectivity index (χ2v) is 5.76. The molecular weight excluding hydrogens is 300 g/mol. The van der Waals surface area contributed by atoms with E-state index < -0.39 is 0 Å². The van der Waals surface area contributed by atoms with Crippen LogP contribution in [-0.4, -0.2) is 20.9 Å². The van der Waals surface area contributed by atoms with Crippen molar-refractivity contribution in [3.05, 3.63) is 53.6 Å². The Morgan fingerprint density at radius 2 is 1.75 bits per heavy atom. The summed E-state index contributed by atoms with van der Waals surface area (Å²) in [6.07, 6.45) is 2.17. The van der Waals surface area contributed by atoms with Crippen molar-refractivity contribution < 1.29 is 4.79 Å². The summed E-state index contributed by atoms with van der Waals surface area (Å²) in [4.78, 5) is 12.4. The van der Waals surface area contributed by atoms with Crippen molar-refractivity contribution in [2.45, 2.75) is 39.7 Å². The minimum absolute atomic E-state index is 0.00480. The van der Waals surface area contributed by atoms with Gasteiger partial charge >= 0.3 is 0 Å². The van der Waals surface area contributed by atoms with Crippen molar-refractivity contribution in [2.75, 3.05) is 5.32 Å². The average Bonchev–Trinajstić information content (AvgIpc) is 3.03. The number of carbonyl (C=O) groups excluding carboxylic acids is 1. The van der Waals surface area contributed by atoms with Gasteiger partial charge in [0.05, 0.1) is 12.1 Å². The minimum atomic E-state index is 0.00480. The Morgan fingerprint density at radius 1 is 1.04 bits per heavy atom. The number of nitrogens with zero attached hydrogens (tertiary/aromatic N) is 3. The smallest absolute Gasteiger partial charge is 0.226 e. The Kier molecular flexibility index (Phi) is 4.89. The first-order valence-electron chi connectivity index (χ1n) is 8.41. The van der Waals surface area contributed by atoms with Crippen molar-refractivity contribution >= 4 is 22.6 Å². The highest BCUT2D eigenvalue weighted by Crippen LogP contribution is 2.22. The Bertz CT molecular complexity index is 831. The molecule has 24 heavy (non-hydrogen) atoms. The normalized spacial score (nSPS) is 10.9. The summed E-state index contributed by atoms with van der Waals surface area (Å²) in [7, 11) is 0. The first kappa shape index (κ1) is 16.2. The highest BCUT2D eigenvalue weighted by atomic mass is 16.1. The molecule has 0 aliphatic rings. The molecule has 0 aliphatic heterocycles. The van der Waals surface area contributed by atoms with Crippen LogP contribution in [0.25, 0.3) is 11.0 Å². The lowest BCUT2D eigenvalue weighted by Gasteiger charge is -2.14. The number of hydrogen-bond donors (Lipinski definition) is 1. The number of aryl methyl sites for hydroxylation is 3. The quantitative estimate of drug-likeness (QED) is 0.754. The summed E-state index contributed by atoms with van der Waals surface area (Å²) in [5.41, 5.74) is 5.12. The van der Waals surface area contributed by atoms with E-state index in [9.17, 15) is 4.79 Å². The summed E-state index contributed by atoms with van der Waals surface area (Å²) >= 11 is 0. The lowest BCUT2D eigenvalue weighted by atomic mass is 10.0. The van der Waals surface area contributed by atoms with E-state index in [1.807, 2.05) is 24.3 Å². The van der Waals surface area contributed by atoms with Crippen LogP contribution in [0.3, 0.4) is 0 Å². The molecule has 0 fully saturated rings. The third-order valence-corrected chi connectivity index (χ3v) is 4.23. The molecule has 1 N–H and O–H groups in total. The van der Waals surface area contributed by atoms with Gasteiger partial charge in [-0.25, -0.2) is 4.68 Å². The fourth-order valence-corrected chi connectivity index (χ4v) is 2.90. The van der Waals surface area contributed by atoms with Crippen LogP contribution in [0.2, 0.25) is 0 Å². The highest BCUT2D eigenvalue weighted by molar-refractivity contribution is 5.92. The first-order valence-corrected chi connectivity index (χ1v) is 8.41. The molecule has 1 amide bonds. The summed E-state index contributed by atoms with van der Waals surface area (Å²) in [5.74, 6) is 0.00480. The number of fused-ring (bicyclic) bond motifs is 1. The third-order valence-electron chi connectivity index (χ3n) is 4.23. The molecule has 1 aromatic heterocycles. The van der Waals surface area contributed by atoms with Gasteiger partial charge in [-0.2, -0.15) is 0 Å². The lowest BCUT2D eigenvalue weighted by Crippen LogP contribution is -2.17. The Morgan fingerprint density at radius 3 is 2.46 bits per heavy atom. The molecule has 0 radical (unpaired) electrons. The van der Waals surface area contributed by atoms with Crippen LogP contribution in [-0.2, 0) is 24.2 Å². The first-order chi connectivity index (χ1) is 11.7. The van der Waals surface area contributed by atoms with E-state index in [-0.39, 0.29) is 5.91 Å². The van der Waals surface area contributed by atoms with Crippen LogP contribution in [0.1, 0.15) is 31.4 Å². The van der Waals surface area contributed by atoms with Gasteiger partial charge in [0.2, 0.25) is 5.91 Å². The summed E-state index contributed by atoms with van der Waals surface area (Å²) < 4.78 is 1.78.